The summed E-state index contributed by atoms with van der Waals surface area (Å²) < 4.78 is 0. The second-order valence-electron chi connectivity index (χ2n) is 4.81. The number of hydrogen-bond donors (Lipinski definition) is 1. The Labute approximate surface area is 118 Å². The molecule has 0 aliphatic carbocycles. The molecule has 0 aromatic heterocycles. The monoisotopic (exact) mass is 271 g/mol. The van der Waals surface area contributed by atoms with E-state index in [4.69, 9.17) is 5.11 Å². The SMILES string of the molecule is Cc1ccc(N2C(=O)CCCCC2=O)c(C#CCO)c1. The van der Waals surface area contributed by atoms with Gasteiger partial charge in [-0.3, -0.25) is 9.59 Å². The maximum Gasteiger partial charge on any atom is 0.233 e. The lowest BCUT2D eigenvalue weighted by atomic mass is 10.1. The third-order valence-corrected chi connectivity index (χ3v) is 3.23. The number of amides is 2. The topological polar surface area (TPSA) is 57.6 Å². The van der Waals surface area contributed by atoms with Crippen molar-refractivity contribution in [2.24, 2.45) is 0 Å². The lowest BCUT2D eigenvalue weighted by Crippen LogP contribution is -2.35. The number of aryl methyl sites for hydroxylation is 1. The zero-order valence-corrected chi connectivity index (χ0v) is 11.5. The highest BCUT2D eigenvalue weighted by molar-refractivity contribution is 6.16. The van der Waals surface area contributed by atoms with E-state index in [1.807, 2.05) is 19.1 Å². The fourth-order valence-corrected chi connectivity index (χ4v) is 2.26. The average molecular weight is 271 g/mol. The number of anilines is 1. The van der Waals surface area contributed by atoms with Crippen LogP contribution >= 0.6 is 0 Å². The van der Waals surface area contributed by atoms with Gasteiger partial charge in [0, 0.05) is 18.4 Å². The van der Waals surface area contributed by atoms with Crippen molar-refractivity contribution in [3.8, 4) is 11.8 Å². The smallest absolute Gasteiger partial charge is 0.233 e. The van der Waals surface area contributed by atoms with Crippen molar-refractivity contribution in [2.45, 2.75) is 32.6 Å². The number of benzene rings is 1. The van der Waals surface area contributed by atoms with Crippen LogP contribution in [0.1, 0.15) is 36.8 Å². The van der Waals surface area contributed by atoms with Crippen molar-refractivity contribution in [1.29, 1.82) is 0 Å². The van der Waals surface area contributed by atoms with Crippen molar-refractivity contribution in [2.75, 3.05) is 11.5 Å². The third kappa shape index (κ3) is 3.06. The summed E-state index contributed by atoms with van der Waals surface area (Å²) in [6.45, 7) is 1.66. The Bertz CT molecular complexity index is 577. The van der Waals surface area contributed by atoms with Crippen molar-refractivity contribution in [3.05, 3.63) is 29.3 Å². The van der Waals surface area contributed by atoms with Gasteiger partial charge in [0.05, 0.1) is 5.69 Å². The van der Waals surface area contributed by atoms with Gasteiger partial charge in [-0.15, -0.1) is 0 Å². The predicted octanol–water partition coefficient (Wildman–Crippen LogP) is 1.77. The fraction of sp³-hybridized carbons (Fsp3) is 0.375. The molecular weight excluding hydrogens is 254 g/mol. The average Bonchev–Trinajstić information content (AvgIpc) is 2.59. The quantitative estimate of drug-likeness (QED) is 0.625. The van der Waals surface area contributed by atoms with Crippen LogP contribution in [0, 0.1) is 18.8 Å². The minimum absolute atomic E-state index is 0.177. The fourth-order valence-electron chi connectivity index (χ4n) is 2.26. The van der Waals surface area contributed by atoms with Gasteiger partial charge in [0.15, 0.2) is 0 Å². The first-order valence-corrected chi connectivity index (χ1v) is 6.69. The molecule has 0 unspecified atom stereocenters. The predicted molar refractivity (Wildman–Crippen MR) is 76.1 cm³/mol. The van der Waals surface area contributed by atoms with Crippen LogP contribution in [0.3, 0.4) is 0 Å². The van der Waals surface area contributed by atoms with Crippen LogP contribution in [0.25, 0.3) is 0 Å². The lowest BCUT2D eigenvalue weighted by Gasteiger charge is -2.20. The van der Waals surface area contributed by atoms with Crippen molar-refractivity contribution in [3.63, 3.8) is 0 Å². The van der Waals surface area contributed by atoms with Gasteiger partial charge in [0.1, 0.15) is 6.61 Å². The van der Waals surface area contributed by atoms with Crippen molar-refractivity contribution >= 4 is 17.5 Å². The Balaban J connectivity index is 2.49. The number of nitrogens with zero attached hydrogens (tertiary/aromatic N) is 1. The summed E-state index contributed by atoms with van der Waals surface area (Å²) in [4.78, 5) is 25.5. The van der Waals surface area contributed by atoms with Crippen molar-refractivity contribution < 1.29 is 14.7 Å². The molecule has 2 amide bonds. The number of carbonyl (C=O) groups is 2. The van der Waals surface area contributed by atoms with Gasteiger partial charge in [0.25, 0.3) is 0 Å². The lowest BCUT2D eigenvalue weighted by molar-refractivity contribution is -0.125. The second kappa shape index (κ2) is 6.36. The third-order valence-electron chi connectivity index (χ3n) is 3.23. The van der Waals surface area contributed by atoms with Gasteiger partial charge in [-0.2, -0.15) is 0 Å². The standard InChI is InChI=1S/C16H17NO3/c1-12-8-9-14(13(11-12)5-4-10-18)17-15(19)6-2-3-7-16(17)20/h8-9,11,18H,2-3,6-7,10H2,1H3. The molecule has 0 atom stereocenters. The molecule has 1 aromatic carbocycles. The Hall–Kier alpha value is -2.12. The van der Waals surface area contributed by atoms with Crippen LogP contribution in [0.5, 0.6) is 0 Å². The molecule has 1 aliphatic heterocycles. The summed E-state index contributed by atoms with van der Waals surface area (Å²) in [6.07, 6.45) is 2.24. The molecule has 20 heavy (non-hydrogen) atoms. The largest absolute Gasteiger partial charge is 0.384 e. The van der Waals surface area contributed by atoms with Crippen LogP contribution in [0.4, 0.5) is 5.69 Å². The minimum Gasteiger partial charge on any atom is -0.384 e. The van der Waals surface area contributed by atoms with E-state index in [9.17, 15) is 9.59 Å². The normalized spacial score (nSPS) is 15.6. The van der Waals surface area contributed by atoms with E-state index in [1.54, 1.807) is 6.07 Å². The molecule has 0 radical (unpaired) electrons. The minimum atomic E-state index is -0.255. The van der Waals surface area contributed by atoms with E-state index in [1.165, 1.54) is 4.90 Å². The molecular formula is C16H17NO3. The number of carbonyl (C=O) groups excluding carboxylic acids is 2. The van der Waals surface area contributed by atoms with E-state index in [-0.39, 0.29) is 18.4 Å². The van der Waals surface area contributed by atoms with Crippen molar-refractivity contribution in [1.82, 2.24) is 0 Å². The second-order valence-corrected chi connectivity index (χ2v) is 4.81. The van der Waals surface area contributed by atoms with Gasteiger partial charge >= 0.3 is 0 Å². The molecule has 0 spiro atoms. The van der Waals surface area contributed by atoms with E-state index in [0.717, 1.165) is 18.4 Å². The van der Waals surface area contributed by atoms with Crippen LogP contribution < -0.4 is 4.90 Å². The summed E-state index contributed by atoms with van der Waals surface area (Å²) in [5.74, 6) is 5.03. The van der Waals surface area contributed by atoms with E-state index in [0.29, 0.717) is 24.1 Å². The van der Waals surface area contributed by atoms with Crippen LogP contribution in [0.15, 0.2) is 18.2 Å². The molecule has 1 heterocycles. The summed E-state index contributed by atoms with van der Waals surface area (Å²) >= 11 is 0. The summed E-state index contributed by atoms with van der Waals surface area (Å²) in [5, 5.41) is 8.83. The molecule has 0 saturated carbocycles. The Kier molecular flexibility index (Phi) is 4.54. The zero-order valence-electron chi connectivity index (χ0n) is 11.5. The molecule has 1 N–H and O–H groups in total. The molecule has 1 fully saturated rings. The summed E-state index contributed by atoms with van der Waals surface area (Å²) in [5.41, 5.74) is 2.11. The highest BCUT2D eigenvalue weighted by Gasteiger charge is 2.27. The first-order valence-electron chi connectivity index (χ1n) is 6.69. The maximum atomic E-state index is 12.1. The molecule has 1 saturated heterocycles. The van der Waals surface area contributed by atoms with Gasteiger partial charge < -0.3 is 5.11 Å². The number of aliphatic hydroxyl groups is 1. The summed E-state index contributed by atoms with van der Waals surface area (Å²) in [7, 11) is 0. The Morgan fingerprint density at radius 2 is 1.85 bits per heavy atom. The number of hydrogen-bond acceptors (Lipinski definition) is 3. The van der Waals surface area contributed by atoms with Crippen LogP contribution in [-0.2, 0) is 9.59 Å². The van der Waals surface area contributed by atoms with Gasteiger partial charge in [-0.25, -0.2) is 4.90 Å². The first-order chi connectivity index (χ1) is 9.63. The van der Waals surface area contributed by atoms with E-state index >= 15 is 0 Å². The summed E-state index contributed by atoms with van der Waals surface area (Å²) in [6, 6.07) is 5.42. The molecule has 1 aromatic rings. The molecule has 4 heteroatoms. The zero-order chi connectivity index (χ0) is 14.5. The highest BCUT2D eigenvalue weighted by atomic mass is 16.2. The number of imide groups is 1. The van der Waals surface area contributed by atoms with Gasteiger partial charge in [-0.1, -0.05) is 17.9 Å². The first kappa shape index (κ1) is 14.3. The molecule has 2 rings (SSSR count). The highest BCUT2D eigenvalue weighted by Crippen LogP contribution is 2.25. The van der Waals surface area contributed by atoms with Crippen LogP contribution in [0.2, 0.25) is 0 Å². The molecule has 4 nitrogen and oxygen atoms in total. The Morgan fingerprint density at radius 3 is 2.45 bits per heavy atom. The molecule has 1 aliphatic rings. The Morgan fingerprint density at radius 1 is 1.20 bits per heavy atom. The van der Waals surface area contributed by atoms with Gasteiger partial charge in [0.2, 0.25) is 11.8 Å². The maximum absolute atomic E-state index is 12.1. The van der Waals surface area contributed by atoms with E-state index in [2.05, 4.69) is 11.8 Å². The van der Waals surface area contributed by atoms with E-state index < -0.39 is 0 Å². The van der Waals surface area contributed by atoms with Crippen LogP contribution in [-0.4, -0.2) is 23.5 Å². The number of aliphatic hydroxyl groups excluding tert-OH is 1. The molecule has 0 bridgehead atoms. The molecule has 104 valence electrons. The number of rotatable bonds is 1. The van der Waals surface area contributed by atoms with Gasteiger partial charge in [-0.05, 0) is 37.5 Å².